The summed E-state index contributed by atoms with van der Waals surface area (Å²) in [7, 11) is 0. The van der Waals surface area contributed by atoms with Crippen LogP contribution in [0.4, 0.5) is 0 Å². The number of H-pyrrole nitrogens is 4. The number of carbonyl (C=O) groups is 7. The summed E-state index contributed by atoms with van der Waals surface area (Å²) in [5, 5.41) is 79.5. The van der Waals surface area contributed by atoms with E-state index in [2.05, 4.69) is 224 Å². The molecule has 12 rings (SSSR count). The Kier molecular flexibility index (Phi) is 58.9. The second kappa shape index (κ2) is 69.0. The van der Waals surface area contributed by atoms with Gasteiger partial charge in [0.1, 0.15) is 23.1 Å². The van der Waals surface area contributed by atoms with Gasteiger partial charge in [-0.05, 0) is 338 Å². The molecule has 8 aliphatic heterocycles. The molecular weight excluding hydrogens is 1760 g/mol. The lowest BCUT2D eigenvalue weighted by atomic mass is 9.90. The molecule has 37 nitrogen and oxygen atoms in total. The molecule has 0 bridgehead atoms. The third-order valence-electron chi connectivity index (χ3n) is 28.3. The maximum Gasteiger partial charge on any atom is 0.222 e. The van der Waals surface area contributed by atoms with Gasteiger partial charge in [0.2, 0.25) is 17.7 Å². The van der Waals surface area contributed by atoms with E-state index in [9.17, 15) is 33.6 Å². The average Bonchev–Trinajstić information content (AvgIpc) is 1.17. The molecule has 782 valence electrons. The van der Waals surface area contributed by atoms with Crippen LogP contribution in [0.2, 0.25) is 0 Å². The fourth-order valence-corrected chi connectivity index (χ4v) is 19.0. The van der Waals surface area contributed by atoms with Crippen LogP contribution in [0.15, 0.2) is 57.0 Å². The Morgan fingerprint density at radius 2 is 0.799 bits per heavy atom. The molecule has 4 aromatic rings. The molecule has 8 aliphatic rings. The number of aryl methyl sites for hydroxylation is 4. The number of ketones is 4. The minimum absolute atomic E-state index is 0.0132. The van der Waals surface area contributed by atoms with Crippen molar-refractivity contribution in [2.75, 3.05) is 105 Å². The number of hydrazone groups is 2. The Morgan fingerprint density at radius 3 is 1.22 bits per heavy atom. The first kappa shape index (κ1) is 119. The largest absolute Gasteiger partial charge is 0.352 e. The highest BCUT2D eigenvalue weighted by molar-refractivity contribution is 6.30. The molecule has 1 atom stereocenters. The van der Waals surface area contributed by atoms with Crippen molar-refractivity contribution < 1.29 is 33.6 Å². The Bertz CT molecular complexity index is 4110. The predicted molar refractivity (Wildman–Crippen MR) is 553 cm³/mol. The van der Waals surface area contributed by atoms with Crippen LogP contribution in [-0.4, -0.2) is 320 Å². The number of nitrogens with two attached hydrogens (primary N) is 2. The van der Waals surface area contributed by atoms with E-state index in [0.717, 1.165) is 260 Å². The molecule has 37 heteroatoms. The number of carbonyl (C=O) groups excluding carboxylic acids is 7. The number of unbranched alkanes of at least 4 members (excludes halogenated alkanes) is 1. The molecule has 12 heterocycles. The first-order chi connectivity index (χ1) is 66.9. The molecule has 139 heavy (non-hydrogen) atoms. The molecule has 0 aromatic carbocycles. The van der Waals surface area contributed by atoms with Crippen molar-refractivity contribution in [3.63, 3.8) is 0 Å². The molecular formula is C102H182N30O7. The second-order valence-corrected chi connectivity index (χ2v) is 41.5. The maximum atomic E-state index is 12.2. The van der Waals surface area contributed by atoms with Crippen molar-refractivity contribution in [1.29, 1.82) is 10.8 Å². The Morgan fingerprint density at radius 1 is 0.396 bits per heavy atom. The lowest BCUT2D eigenvalue weighted by molar-refractivity contribution is -0.132. The first-order valence-corrected chi connectivity index (χ1v) is 53.0. The normalized spacial score (nSPS) is 18.4. The predicted octanol–water partition coefficient (Wildman–Crippen LogP) is 13.0. The van der Waals surface area contributed by atoms with Gasteiger partial charge in [0.05, 0.1) is 78.3 Å². The van der Waals surface area contributed by atoms with E-state index in [4.69, 9.17) is 22.5 Å². The van der Waals surface area contributed by atoms with Crippen LogP contribution >= 0.6 is 0 Å². The van der Waals surface area contributed by atoms with Crippen LogP contribution in [0.25, 0.3) is 0 Å². The smallest absolute Gasteiger partial charge is 0.222 e. The highest BCUT2D eigenvalue weighted by Gasteiger charge is 2.32. The van der Waals surface area contributed by atoms with Crippen molar-refractivity contribution in [3.05, 3.63) is 59.3 Å². The zero-order valence-corrected chi connectivity index (χ0v) is 87.6. The summed E-state index contributed by atoms with van der Waals surface area (Å²) < 4.78 is 0. The zero-order valence-electron chi connectivity index (χ0n) is 87.6. The lowest BCUT2D eigenvalue weighted by Gasteiger charge is -2.41. The van der Waals surface area contributed by atoms with E-state index in [-0.39, 0.29) is 18.4 Å². The van der Waals surface area contributed by atoms with Crippen LogP contribution < -0.4 is 27.6 Å². The van der Waals surface area contributed by atoms with Crippen LogP contribution in [-0.2, 0) is 59.2 Å². The molecule has 7 saturated heterocycles. The highest BCUT2D eigenvalue weighted by Crippen LogP contribution is 2.30. The van der Waals surface area contributed by atoms with E-state index in [1.54, 1.807) is 24.8 Å². The molecule has 3 amide bonds. The number of hydrogen-bond donors (Lipinski definition) is 11. The summed E-state index contributed by atoms with van der Waals surface area (Å²) in [6, 6.07) is 5.14. The number of amides is 3. The SMILES string of the molecule is CC(C)N1CC(CC(=O)CCCc2cn[nH]n2)C1.CC(C)N1CCC(CC(=O)CCCC(C=N)=NN)CC1.CC(C)N1CCC(CCC(=O)CCCC2=CN=NC2)CC1.CC(C)N1CCC(CCC(=O)CCc2cn[nH]n2)CC1.CC(C)N1CCC(CCC(=O)NCC(C=N)=NN)CC1.CC(C)N1CCC(NC(=O)CCCc2cn[nH]n2)C1.CC(C)NC1CCN(C(=O)CCCCc2cn[nH]n2)CC1. The van der Waals surface area contributed by atoms with Crippen LogP contribution in [0.3, 0.4) is 0 Å². The number of aromatic nitrogens is 12. The lowest BCUT2D eigenvalue weighted by Crippen LogP contribution is -2.50. The van der Waals surface area contributed by atoms with E-state index in [1.807, 2.05) is 11.1 Å². The van der Waals surface area contributed by atoms with E-state index in [0.29, 0.717) is 170 Å². The van der Waals surface area contributed by atoms with Gasteiger partial charge >= 0.3 is 0 Å². The number of likely N-dealkylation sites (tertiary alicyclic amines) is 7. The van der Waals surface area contributed by atoms with E-state index in [1.165, 1.54) is 70.3 Å². The number of aromatic amines is 4. The topological polar surface area (TPSA) is 494 Å². The molecule has 7 fully saturated rings. The Balaban J connectivity index is 0.000000249. The summed E-state index contributed by atoms with van der Waals surface area (Å²) in [4.78, 5) is 100. The van der Waals surface area contributed by atoms with E-state index >= 15 is 0 Å². The molecule has 1 unspecified atom stereocenters. The fraction of sp³-hybridized carbons (Fsp3) is 0.794. The number of Topliss-reactive ketones (excluding diaryl/α,β-unsaturated/α-hetero) is 4. The molecule has 0 radical (unpaired) electrons. The standard InChI is InChI=1S/C17H29N3O.C15H27N5O.C15H26N4O.C15H28N4O.C14H27N5O.C13H23N5O.C13H22N4O/c1-14(2)20-10-8-15(9-11-20)6-7-17(21)5-3-4-16-12-18-19-13-16;1-12(2)17-13-7-9-20(10-8-13)15(21)6-4-3-5-14-11-16-19-18-14;1-12(2)19-9-7-13(8-10-19)3-5-15(20)6-4-14-11-16-18-17-14;1-12(2)19-8-6-13(7-9-19)10-15(20)5-3-4-14(11-16)18-17;1-11(2)19-7-5-12(6-8-19)3-4-14(20)17-10-13(9-15)18-16;1-10(2)18-7-6-12(9-18)15-13(19)5-3-4-11-8-14-17-16-11;1-10(2)17-8-11(9-17)6-13(18)5-3-4-12-7-14-16-15-12/h12,14-15H,3-11,13H2,1-2H3;11-13,17H,3-10H2,1-2H3,(H,16,18,19);11-13H,3-10H2,1-2H3,(H,16,17,18);11-13,16H,3-10,17H2,1-2H3;9,11-12,15H,3-8,10,16H2,1-2H3,(H,17,20);8,10,12H,3-7,9H2,1-2H3,(H,15,19)(H,14,16,17);7,10-11H,3-6,8-9H2,1-2H3,(H,14,15,16). The minimum atomic E-state index is 0.0132. The molecule has 0 saturated carbocycles. The number of azo groups is 1. The van der Waals surface area contributed by atoms with Crippen LogP contribution in [0, 0.1) is 40.4 Å². The summed E-state index contributed by atoms with van der Waals surface area (Å²) in [6.45, 7) is 47.4. The third-order valence-corrected chi connectivity index (χ3v) is 28.3. The number of rotatable bonds is 50. The van der Waals surface area contributed by atoms with Crippen LogP contribution in [0.1, 0.15) is 332 Å². The van der Waals surface area contributed by atoms with Gasteiger partial charge in [0.25, 0.3) is 0 Å². The van der Waals surface area contributed by atoms with Gasteiger partial charge in [0.15, 0.2) is 0 Å². The molecule has 0 spiro atoms. The second-order valence-electron chi connectivity index (χ2n) is 41.5. The Labute approximate surface area is 831 Å². The van der Waals surface area contributed by atoms with Crippen LogP contribution in [0.5, 0.6) is 0 Å². The summed E-state index contributed by atoms with van der Waals surface area (Å²) in [6.07, 6.45) is 44.3. The number of nitrogens with one attached hydrogen (secondary N) is 9. The van der Waals surface area contributed by atoms with Crippen molar-refractivity contribution in [2.45, 2.75) is 389 Å². The van der Waals surface area contributed by atoms with E-state index < -0.39 is 0 Å². The molecule has 0 aliphatic carbocycles. The summed E-state index contributed by atoms with van der Waals surface area (Å²) >= 11 is 0. The minimum Gasteiger partial charge on any atom is -0.352 e. The number of hydrogen-bond acceptors (Lipinski definition) is 30. The van der Waals surface area contributed by atoms with Crippen molar-refractivity contribution in [1.82, 2.24) is 112 Å². The fourth-order valence-electron chi connectivity index (χ4n) is 19.0. The molecule has 13 N–H and O–H groups in total. The number of nitrogens with zero attached hydrogens (tertiary/aromatic N) is 19. The quantitative estimate of drug-likeness (QED) is 0.00846. The summed E-state index contributed by atoms with van der Waals surface area (Å²) in [5.41, 5.74) is 5.92. The van der Waals surface area contributed by atoms with Gasteiger partial charge in [-0.2, -0.15) is 82.1 Å². The average molecular weight is 1940 g/mol. The number of piperidine rings is 5. The maximum absolute atomic E-state index is 12.2. The first-order valence-electron chi connectivity index (χ1n) is 53.0. The molecule has 4 aromatic heterocycles. The monoisotopic (exact) mass is 1940 g/mol. The van der Waals surface area contributed by atoms with Gasteiger partial charge in [-0.1, -0.05) is 13.8 Å². The Hall–Kier alpha value is -9.01. The van der Waals surface area contributed by atoms with Crippen molar-refractivity contribution in [2.24, 2.45) is 61.7 Å². The van der Waals surface area contributed by atoms with Gasteiger partial charge in [0, 0.05) is 177 Å². The van der Waals surface area contributed by atoms with Crippen molar-refractivity contribution in [3.8, 4) is 0 Å². The van der Waals surface area contributed by atoms with Crippen molar-refractivity contribution >= 4 is 64.7 Å². The summed E-state index contributed by atoms with van der Waals surface area (Å²) in [5.74, 6) is 15.5. The zero-order chi connectivity index (χ0) is 101. The van der Waals surface area contributed by atoms with Gasteiger partial charge in [-0.25, -0.2) is 0 Å². The van der Waals surface area contributed by atoms with Gasteiger partial charge in [-0.15, -0.1) is 0 Å². The van der Waals surface area contributed by atoms with Gasteiger partial charge < -0.3 is 67.9 Å². The highest BCUT2D eigenvalue weighted by atomic mass is 16.2. The van der Waals surface area contributed by atoms with Gasteiger partial charge in [-0.3, -0.25) is 38.5 Å². The third kappa shape index (κ3) is 51.5.